The Hall–Kier alpha value is -2.11. The molecule has 1 amide bonds. The van der Waals surface area contributed by atoms with Crippen LogP contribution in [0.15, 0.2) is 41.4 Å². The van der Waals surface area contributed by atoms with Crippen LogP contribution in [0.4, 0.5) is 0 Å². The predicted molar refractivity (Wildman–Crippen MR) is 97.8 cm³/mol. The van der Waals surface area contributed by atoms with Crippen molar-refractivity contribution in [1.29, 1.82) is 0 Å². The molecule has 2 aromatic carbocycles. The van der Waals surface area contributed by atoms with Gasteiger partial charge in [0.25, 0.3) is 5.91 Å². The first-order chi connectivity index (χ1) is 11.5. The van der Waals surface area contributed by atoms with Gasteiger partial charge in [-0.1, -0.05) is 35.1 Å². The summed E-state index contributed by atoms with van der Waals surface area (Å²) in [5.41, 5.74) is 3.47. The molecule has 1 aromatic heterocycles. The van der Waals surface area contributed by atoms with Gasteiger partial charge in [0.1, 0.15) is 5.75 Å². The summed E-state index contributed by atoms with van der Waals surface area (Å²) in [7, 11) is 1.93. The number of fused-ring (bicyclic) bond motifs is 1. The number of nitrogens with zero attached hydrogens (tertiary/aromatic N) is 2. The van der Waals surface area contributed by atoms with Gasteiger partial charge in [0, 0.05) is 12.1 Å². The molecule has 124 valence electrons. The first kappa shape index (κ1) is 16.7. The molecular weight excluding hydrogens is 344 g/mol. The Morgan fingerprint density at radius 1 is 1.17 bits per heavy atom. The highest BCUT2D eigenvalue weighted by molar-refractivity contribution is 7.16. The molecule has 0 aliphatic rings. The number of rotatable bonds is 3. The summed E-state index contributed by atoms with van der Waals surface area (Å²) in [6, 6.07) is 11.1. The summed E-state index contributed by atoms with van der Waals surface area (Å²) in [5, 5.41) is 0.626. The molecule has 0 saturated heterocycles. The number of benzene rings is 2. The van der Waals surface area contributed by atoms with Crippen LogP contribution in [0.2, 0.25) is 5.02 Å². The maximum atomic E-state index is 12.1. The van der Waals surface area contributed by atoms with Crippen LogP contribution < -0.4 is 9.54 Å². The molecule has 0 atom stereocenters. The van der Waals surface area contributed by atoms with E-state index in [0.29, 0.717) is 15.6 Å². The van der Waals surface area contributed by atoms with E-state index >= 15 is 0 Å². The van der Waals surface area contributed by atoms with Gasteiger partial charge in [0.05, 0.1) is 10.2 Å². The Bertz CT molecular complexity index is 971. The van der Waals surface area contributed by atoms with Crippen molar-refractivity contribution in [2.75, 3.05) is 6.61 Å². The predicted octanol–water partition coefficient (Wildman–Crippen LogP) is 4.02. The van der Waals surface area contributed by atoms with Crippen molar-refractivity contribution in [3.63, 3.8) is 0 Å². The lowest BCUT2D eigenvalue weighted by molar-refractivity contribution is -0.120. The Kier molecular flexibility index (Phi) is 4.73. The fraction of sp³-hybridized carbons (Fsp3) is 0.222. The maximum absolute atomic E-state index is 12.1. The van der Waals surface area contributed by atoms with Crippen LogP contribution in [0, 0.1) is 13.8 Å². The van der Waals surface area contributed by atoms with Gasteiger partial charge in [0.15, 0.2) is 11.4 Å². The van der Waals surface area contributed by atoms with Crippen LogP contribution in [-0.2, 0) is 11.8 Å². The third-order valence-electron chi connectivity index (χ3n) is 3.74. The van der Waals surface area contributed by atoms with E-state index in [1.165, 1.54) is 22.5 Å². The third-order valence-corrected chi connectivity index (χ3v) is 5.26. The van der Waals surface area contributed by atoms with Gasteiger partial charge in [-0.25, -0.2) is 0 Å². The normalized spacial score (nSPS) is 11.9. The lowest BCUT2D eigenvalue weighted by atomic mass is 10.1. The Labute approximate surface area is 149 Å². The van der Waals surface area contributed by atoms with Gasteiger partial charge in [-0.05, 0) is 49.2 Å². The third kappa shape index (κ3) is 3.37. The van der Waals surface area contributed by atoms with Gasteiger partial charge in [-0.3, -0.25) is 4.79 Å². The molecule has 0 saturated carbocycles. The highest BCUT2D eigenvalue weighted by atomic mass is 35.5. The number of thiazole rings is 1. The summed E-state index contributed by atoms with van der Waals surface area (Å²) in [6.07, 6.45) is 0. The van der Waals surface area contributed by atoms with E-state index in [0.717, 1.165) is 10.2 Å². The molecule has 24 heavy (non-hydrogen) atoms. The van der Waals surface area contributed by atoms with Crippen molar-refractivity contribution in [3.05, 3.63) is 57.3 Å². The summed E-state index contributed by atoms with van der Waals surface area (Å²) >= 11 is 7.34. The second-order valence-electron chi connectivity index (χ2n) is 5.57. The van der Waals surface area contributed by atoms with Gasteiger partial charge in [0.2, 0.25) is 0 Å². The van der Waals surface area contributed by atoms with Crippen LogP contribution in [0.3, 0.4) is 0 Å². The van der Waals surface area contributed by atoms with Crippen molar-refractivity contribution in [3.8, 4) is 5.75 Å². The summed E-state index contributed by atoms with van der Waals surface area (Å²) in [6.45, 7) is 4.02. The van der Waals surface area contributed by atoms with Crippen LogP contribution >= 0.6 is 22.9 Å². The second-order valence-corrected chi connectivity index (χ2v) is 6.98. The van der Waals surface area contributed by atoms with Gasteiger partial charge >= 0.3 is 0 Å². The number of aryl methyl sites for hydroxylation is 3. The SMILES string of the molecule is Cc1ccc(C)c2c1sc(=NC(=O)COc1ccc(Cl)cc1)n2C. The molecule has 0 unspecified atom stereocenters. The number of hydrogen-bond acceptors (Lipinski definition) is 3. The zero-order valence-electron chi connectivity index (χ0n) is 13.7. The van der Waals surface area contributed by atoms with E-state index in [4.69, 9.17) is 16.3 Å². The molecule has 0 bridgehead atoms. The Morgan fingerprint density at radius 2 is 1.83 bits per heavy atom. The van der Waals surface area contributed by atoms with Crippen LogP contribution in [0.5, 0.6) is 5.75 Å². The minimum atomic E-state index is -0.317. The van der Waals surface area contributed by atoms with E-state index in [1.54, 1.807) is 24.3 Å². The molecule has 0 fully saturated rings. The largest absolute Gasteiger partial charge is 0.484 e. The molecule has 4 nitrogen and oxygen atoms in total. The molecule has 1 heterocycles. The Balaban J connectivity index is 1.85. The molecule has 0 spiro atoms. The van der Waals surface area contributed by atoms with E-state index in [1.807, 2.05) is 11.6 Å². The van der Waals surface area contributed by atoms with Gasteiger partial charge < -0.3 is 9.30 Å². The lowest BCUT2D eigenvalue weighted by Crippen LogP contribution is -2.17. The van der Waals surface area contributed by atoms with E-state index < -0.39 is 0 Å². The highest BCUT2D eigenvalue weighted by Crippen LogP contribution is 2.24. The van der Waals surface area contributed by atoms with Crippen molar-refractivity contribution in [2.24, 2.45) is 12.0 Å². The first-order valence-electron chi connectivity index (χ1n) is 7.47. The molecule has 0 aliphatic heterocycles. The average molecular weight is 361 g/mol. The molecule has 0 radical (unpaired) electrons. The van der Waals surface area contributed by atoms with Crippen LogP contribution in [0.25, 0.3) is 10.2 Å². The number of hydrogen-bond donors (Lipinski definition) is 0. The monoisotopic (exact) mass is 360 g/mol. The topological polar surface area (TPSA) is 43.6 Å². The van der Waals surface area contributed by atoms with Crippen molar-refractivity contribution in [1.82, 2.24) is 4.57 Å². The summed E-state index contributed by atoms with van der Waals surface area (Å²) < 4.78 is 8.57. The fourth-order valence-corrected chi connectivity index (χ4v) is 3.79. The van der Waals surface area contributed by atoms with Crippen molar-refractivity contribution in [2.45, 2.75) is 13.8 Å². The van der Waals surface area contributed by atoms with Crippen LogP contribution in [-0.4, -0.2) is 17.1 Å². The minimum Gasteiger partial charge on any atom is -0.484 e. The number of carbonyl (C=O) groups excluding carboxylic acids is 1. The lowest BCUT2D eigenvalue weighted by Gasteiger charge is -2.03. The zero-order valence-corrected chi connectivity index (χ0v) is 15.2. The van der Waals surface area contributed by atoms with Crippen LogP contribution in [0.1, 0.15) is 11.1 Å². The fourth-order valence-electron chi connectivity index (χ4n) is 2.48. The molecular formula is C18H17ClN2O2S. The van der Waals surface area contributed by atoms with E-state index in [9.17, 15) is 4.79 Å². The second kappa shape index (κ2) is 6.79. The molecule has 6 heteroatoms. The highest BCUT2D eigenvalue weighted by Gasteiger charge is 2.09. The first-order valence-corrected chi connectivity index (χ1v) is 8.67. The number of aromatic nitrogens is 1. The number of ether oxygens (including phenoxy) is 1. The number of amides is 1. The molecule has 3 rings (SSSR count). The molecule has 3 aromatic rings. The van der Waals surface area contributed by atoms with E-state index in [-0.39, 0.29) is 12.5 Å². The summed E-state index contributed by atoms with van der Waals surface area (Å²) in [4.78, 5) is 17.0. The molecule has 0 aliphatic carbocycles. The average Bonchev–Trinajstić information content (AvgIpc) is 2.88. The standard InChI is InChI=1S/C18H17ClN2O2S/c1-11-4-5-12(2)17-16(11)21(3)18(24-17)20-15(22)10-23-14-8-6-13(19)7-9-14/h4-9H,10H2,1-3H3. The molecule has 0 N–H and O–H groups in total. The van der Waals surface area contributed by atoms with Gasteiger partial charge in [-0.2, -0.15) is 4.99 Å². The maximum Gasteiger partial charge on any atom is 0.286 e. The quantitative estimate of drug-likeness (QED) is 0.708. The Morgan fingerprint density at radius 3 is 2.50 bits per heavy atom. The van der Waals surface area contributed by atoms with Crippen molar-refractivity contribution < 1.29 is 9.53 Å². The zero-order chi connectivity index (χ0) is 17.3. The van der Waals surface area contributed by atoms with Gasteiger partial charge in [-0.15, -0.1) is 0 Å². The van der Waals surface area contributed by atoms with Crippen molar-refractivity contribution >= 4 is 39.1 Å². The minimum absolute atomic E-state index is 0.103. The van der Waals surface area contributed by atoms with E-state index in [2.05, 4.69) is 31.0 Å². The number of halogens is 1. The summed E-state index contributed by atoms with van der Waals surface area (Å²) in [5.74, 6) is 0.276. The smallest absolute Gasteiger partial charge is 0.286 e. The number of carbonyl (C=O) groups is 1.